The molecule has 4 rings (SSSR count). The van der Waals surface area contributed by atoms with Crippen LogP contribution in [-0.2, 0) is 32.7 Å². The molecule has 0 radical (unpaired) electrons. The van der Waals surface area contributed by atoms with Crippen LogP contribution in [0.2, 0.25) is 5.02 Å². The van der Waals surface area contributed by atoms with E-state index in [0.717, 1.165) is 31.2 Å². The zero-order valence-corrected chi connectivity index (χ0v) is 22.3. The van der Waals surface area contributed by atoms with Gasteiger partial charge >= 0.3 is 11.8 Å². The number of sulfonamides is 1. The molecule has 200 valence electrons. The molecule has 1 saturated heterocycles. The first-order chi connectivity index (χ1) is 18.3. The Hall–Kier alpha value is -3.47. The van der Waals surface area contributed by atoms with Crippen LogP contribution in [0.4, 0.5) is 0 Å². The average molecular weight is 557 g/mol. The standard InChI is InChI=1S/C27H29ClN4O5S/c28-22-12-10-21(11-13-22)19-32(38(35,36)25-8-4-3-5-9-25)20-24-15-14-23(37-24)18-29-30-26(33)27(34)31-16-6-1-2-7-17-31/h3-5,8-15,18H,1-2,6-7,16-17,19-20H2,(H,30,33)/b29-18+. The molecule has 2 aromatic carbocycles. The van der Waals surface area contributed by atoms with Crippen LogP contribution in [0.5, 0.6) is 0 Å². The summed E-state index contributed by atoms with van der Waals surface area (Å²) in [5, 5.41) is 4.39. The first-order valence-corrected chi connectivity index (χ1v) is 14.2. The van der Waals surface area contributed by atoms with Crippen molar-refractivity contribution in [2.24, 2.45) is 5.10 Å². The Kier molecular flexibility index (Phi) is 9.33. The maximum atomic E-state index is 13.4. The second-order valence-corrected chi connectivity index (χ2v) is 11.3. The van der Waals surface area contributed by atoms with Crippen LogP contribution in [-0.4, -0.2) is 48.7 Å². The zero-order chi connectivity index (χ0) is 27.0. The topological polar surface area (TPSA) is 112 Å². The van der Waals surface area contributed by atoms with Gasteiger partial charge in [0, 0.05) is 24.7 Å². The van der Waals surface area contributed by atoms with Crippen molar-refractivity contribution in [3.05, 3.63) is 88.8 Å². The third kappa shape index (κ3) is 7.31. The number of halogens is 1. The van der Waals surface area contributed by atoms with Gasteiger partial charge in [0.25, 0.3) is 0 Å². The van der Waals surface area contributed by atoms with E-state index >= 15 is 0 Å². The minimum absolute atomic E-state index is 0.0342. The van der Waals surface area contributed by atoms with Crippen molar-refractivity contribution in [1.29, 1.82) is 0 Å². The monoisotopic (exact) mass is 556 g/mol. The fourth-order valence-corrected chi connectivity index (χ4v) is 5.64. The van der Waals surface area contributed by atoms with E-state index in [4.69, 9.17) is 16.0 Å². The van der Waals surface area contributed by atoms with E-state index in [1.54, 1.807) is 71.6 Å². The minimum Gasteiger partial charge on any atom is -0.459 e. The average Bonchev–Trinajstić information content (AvgIpc) is 3.19. The number of carbonyl (C=O) groups is 2. The van der Waals surface area contributed by atoms with Crippen LogP contribution in [0.15, 0.2) is 81.1 Å². The SMILES string of the molecule is O=C(N/N=C/c1ccc(CN(Cc2ccc(Cl)cc2)S(=O)(=O)c2ccccc2)o1)C(=O)N1CCCCCC1. The molecule has 1 aliphatic rings. The van der Waals surface area contributed by atoms with Gasteiger partial charge < -0.3 is 9.32 Å². The highest BCUT2D eigenvalue weighted by Crippen LogP contribution is 2.22. The van der Waals surface area contributed by atoms with Gasteiger partial charge in [0.1, 0.15) is 11.5 Å². The Balaban J connectivity index is 1.43. The van der Waals surface area contributed by atoms with Crippen molar-refractivity contribution in [1.82, 2.24) is 14.6 Å². The molecule has 11 heteroatoms. The third-order valence-corrected chi connectivity index (χ3v) is 8.17. The van der Waals surface area contributed by atoms with Gasteiger partial charge in [-0.2, -0.15) is 9.41 Å². The highest BCUT2D eigenvalue weighted by Gasteiger charge is 2.26. The maximum Gasteiger partial charge on any atom is 0.329 e. The Bertz CT molecular complexity index is 1370. The van der Waals surface area contributed by atoms with Crippen molar-refractivity contribution >= 4 is 39.7 Å². The molecule has 38 heavy (non-hydrogen) atoms. The summed E-state index contributed by atoms with van der Waals surface area (Å²) in [7, 11) is -3.84. The third-order valence-electron chi connectivity index (χ3n) is 6.11. The first-order valence-electron chi connectivity index (χ1n) is 12.3. The quantitative estimate of drug-likeness (QED) is 0.254. The molecule has 1 N–H and O–H groups in total. The molecule has 9 nitrogen and oxygen atoms in total. The molecule has 3 aromatic rings. The Morgan fingerprint density at radius 2 is 1.63 bits per heavy atom. The number of hydrazone groups is 1. The summed E-state index contributed by atoms with van der Waals surface area (Å²) >= 11 is 5.98. The number of rotatable bonds is 8. The van der Waals surface area contributed by atoms with Gasteiger partial charge in [0.15, 0.2) is 0 Å². The maximum absolute atomic E-state index is 13.4. The van der Waals surface area contributed by atoms with Gasteiger partial charge in [-0.3, -0.25) is 9.59 Å². The number of hydrogen-bond donors (Lipinski definition) is 1. The fraction of sp³-hybridized carbons (Fsp3) is 0.296. The lowest BCUT2D eigenvalue weighted by atomic mass is 10.2. The summed E-state index contributed by atoms with van der Waals surface area (Å²) < 4.78 is 33.9. The zero-order valence-electron chi connectivity index (χ0n) is 20.8. The molecular formula is C27H29ClN4O5S. The lowest BCUT2D eigenvalue weighted by molar-refractivity contribution is -0.145. The predicted octanol–water partition coefficient (Wildman–Crippen LogP) is 4.18. The van der Waals surface area contributed by atoms with E-state index < -0.39 is 21.8 Å². The molecule has 1 aromatic heterocycles. The second kappa shape index (κ2) is 12.9. The molecular weight excluding hydrogens is 528 g/mol. The summed E-state index contributed by atoms with van der Waals surface area (Å²) in [6.07, 6.45) is 5.13. The Labute approximate surface area is 227 Å². The number of nitrogens with one attached hydrogen (secondary N) is 1. The molecule has 0 bridgehead atoms. The molecule has 1 fully saturated rings. The van der Waals surface area contributed by atoms with Crippen LogP contribution in [0, 0.1) is 0 Å². The predicted molar refractivity (Wildman–Crippen MR) is 144 cm³/mol. The number of likely N-dealkylation sites (tertiary alicyclic amines) is 1. The van der Waals surface area contributed by atoms with E-state index in [1.807, 2.05) is 0 Å². The number of nitrogens with zero attached hydrogens (tertiary/aromatic N) is 3. The van der Waals surface area contributed by atoms with Gasteiger partial charge in [-0.05, 0) is 54.8 Å². The van der Waals surface area contributed by atoms with Crippen LogP contribution in [0.3, 0.4) is 0 Å². The van der Waals surface area contributed by atoms with Crippen molar-refractivity contribution in [3.8, 4) is 0 Å². The van der Waals surface area contributed by atoms with Crippen molar-refractivity contribution in [2.75, 3.05) is 13.1 Å². The van der Waals surface area contributed by atoms with Crippen molar-refractivity contribution in [2.45, 2.75) is 43.7 Å². The van der Waals surface area contributed by atoms with Crippen LogP contribution >= 0.6 is 11.6 Å². The summed E-state index contributed by atoms with van der Waals surface area (Å²) in [6.45, 7) is 1.20. The highest BCUT2D eigenvalue weighted by atomic mass is 35.5. The summed E-state index contributed by atoms with van der Waals surface area (Å²) in [5.74, 6) is -0.732. The van der Waals surface area contributed by atoms with E-state index in [2.05, 4.69) is 10.5 Å². The summed E-state index contributed by atoms with van der Waals surface area (Å²) in [4.78, 5) is 26.3. The first kappa shape index (κ1) is 27.6. The van der Waals surface area contributed by atoms with Gasteiger partial charge in [-0.1, -0.05) is 54.8 Å². The molecule has 0 saturated carbocycles. The lowest BCUT2D eigenvalue weighted by Crippen LogP contribution is -2.41. The number of furan rings is 1. The largest absolute Gasteiger partial charge is 0.459 e. The lowest BCUT2D eigenvalue weighted by Gasteiger charge is -2.21. The molecule has 0 atom stereocenters. The van der Waals surface area contributed by atoms with Crippen LogP contribution in [0.25, 0.3) is 0 Å². The van der Waals surface area contributed by atoms with Gasteiger partial charge in [-0.15, -0.1) is 0 Å². The molecule has 1 aliphatic heterocycles. The number of carbonyl (C=O) groups excluding carboxylic acids is 2. The number of benzene rings is 2. The summed E-state index contributed by atoms with van der Waals surface area (Å²) in [5.41, 5.74) is 3.01. The minimum atomic E-state index is -3.84. The van der Waals surface area contributed by atoms with Crippen LogP contribution < -0.4 is 5.43 Å². The van der Waals surface area contributed by atoms with Crippen molar-refractivity contribution < 1.29 is 22.4 Å². The highest BCUT2D eigenvalue weighted by molar-refractivity contribution is 7.89. The fourth-order valence-electron chi connectivity index (χ4n) is 4.10. The van der Waals surface area contributed by atoms with Gasteiger partial charge in [-0.25, -0.2) is 13.8 Å². The molecule has 0 aliphatic carbocycles. The molecule has 2 heterocycles. The van der Waals surface area contributed by atoms with E-state index in [1.165, 1.54) is 10.5 Å². The second-order valence-electron chi connectivity index (χ2n) is 8.92. The van der Waals surface area contributed by atoms with Gasteiger partial charge in [0.2, 0.25) is 10.0 Å². The Morgan fingerprint density at radius 3 is 2.32 bits per heavy atom. The van der Waals surface area contributed by atoms with Gasteiger partial charge in [0.05, 0.1) is 17.7 Å². The molecule has 2 amide bonds. The van der Waals surface area contributed by atoms with E-state index in [-0.39, 0.29) is 18.0 Å². The molecule has 0 unspecified atom stereocenters. The normalized spacial score (nSPS) is 14.5. The van der Waals surface area contributed by atoms with Crippen LogP contribution in [0.1, 0.15) is 42.8 Å². The van der Waals surface area contributed by atoms with Crippen molar-refractivity contribution in [3.63, 3.8) is 0 Å². The summed E-state index contributed by atoms with van der Waals surface area (Å²) in [6, 6.07) is 18.4. The van der Waals surface area contributed by atoms with E-state index in [9.17, 15) is 18.0 Å². The number of hydrogen-bond acceptors (Lipinski definition) is 6. The smallest absolute Gasteiger partial charge is 0.329 e. The number of amides is 2. The molecule has 0 spiro atoms. The van der Waals surface area contributed by atoms with E-state index in [0.29, 0.717) is 29.6 Å². The Morgan fingerprint density at radius 1 is 0.947 bits per heavy atom.